The maximum Gasteiger partial charge on any atom is 0.270 e. The summed E-state index contributed by atoms with van der Waals surface area (Å²) >= 11 is 5.85. The molecule has 1 heterocycles. The van der Waals surface area contributed by atoms with Gasteiger partial charge in [-0.1, -0.05) is 11.6 Å². The van der Waals surface area contributed by atoms with Crippen molar-refractivity contribution in [2.75, 3.05) is 19.6 Å². The second-order valence-corrected chi connectivity index (χ2v) is 4.56. The van der Waals surface area contributed by atoms with Crippen LogP contribution < -0.4 is 10.6 Å². The largest absolute Gasteiger partial charge is 0.352 e. The third kappa shape index (κ3) is 3.79. The van der Waals surface area contributed by atoms with E-state index in [0.717, 1.165) is 13.1 Å². The molecule has 1 fully saturated rings. The van der Waals surface area contributed by atoms with E-state index in [1.54, 1.807) is 0 Å². The smallest absolute Gasteiger partial charge is 0.270 e. The fourth-order valence-corrected chi connectivity index (χ4v) is 1.89. The van der Waals surface area contributed by atoms with E-state index in [4.69, 9.17) is 11.6 Å². The molecule has 0 saturated carbocycles. The van der Waals surface area contributed by atoms with Gasteiger partial charge in [0.05, 0.1) is 15.5 Å². The van der Waals surface area contributed by atoms with E-state index in [2.05, 4.69) is 10.6 Å². The van der Waals surface area contributed by atoms with Crippen molar-refractivity contribution in [3.63, 3.8) is 0 Å². The standard InChI is InChI=1S/C11H12ClN3O3.ClH/c12-10-3-8(15(17)18)1-2-9(10)11(16)14-6-7-4-13-5-7;/h1-3,7,13H,4-6H2,(H,14,16);1H. The number of rotatable bonds is 4. The van der Waals surface area contributed by atoms with Gasteiger partial charge in [-0.25, -0.2) is 0 Å². The van der Waals surface area contributed by atoms with Crippen LogP contribution >= 0.6 is 24.0 Å². The van der Waals surface area contributed by atoms with Crippen molar-refractivity contribution in [3.8, 4) is 0 Å². The fourth-order valence-electron chi connectivity index (χ4n) is 1.63. The Hall–Kier alpha value is -1.37. The Kier molecular flexibility index (Phi) is 5.53. The number of amides is 1. The lowest BCUT2D eigenvalue weighted by Gasteiger charge is -2.27. The summed E-state index contributed by atoms with van der Waals surface area (Å²) in [6.45, 7) is 2.38. The highest BCUT2D eigenvalue weighted by Crippen LogP contribution is 2.22. The summed E-state index contributed by atoms with van der Waals surface area (Å²) in [6.07, 6.45) is 0. The number of benzene rings is 1. The van der Waals surface area contributed by atoms with Crippen LogP contribution in [-0.4, -0.2) is 30.5 Å². The molecule has 8 heteroatoms. The van der Waals surface area contributed by atoms with Crippen LogP contribution in [-0.2, 0) is 0 Å². The molecule has 19 heavy (non-hydrogen) atoms. The molecule has 0 aromatic heterocycles. The molecule has 104 valence electrons. The van der Waals surface area contributed by atoms with Gasteiger partial charge in [-0.05, 0) is 6.07 Å². The van der Waals surface area contributed by atoms with E-state index in [1.807, 2.05) is 0 Å². The monoisotopic (exact) mass is 305 g/mol. The Balaban J connectivity index is 0.00000180. The van der Waals surface area contributed by atoms with Gasteiger partial charge >= 0.3 is 0 Å². The average Bonchev–Trinajstić information content (AvgIpc) is 2.26. The number of hydrogen-bond donors (Lipinski definition) is 2. The van der Waals surface area contributed by atoms with Crippen LogP contribution in [0.25, 0.3) is 0 Å². The van der Waals surface area contributed by atoms with E-state index in [0.29, 0.717) is 12.5 Å². The van der Waals surface area contributed by atoms with E-state index < -0.39 is 4.92 Å². The molecule has 1 amide bonds. The number of hydrogen-bond acceptors (Lipinski definition) is 4. The van der Waals surface area contributed by atoms with Gasteiger partial charge in [0.15, 0.2) is 0 Å². The molecule has 2 N–H and O–H groups in total. The highest BCUT2D eigenvalue weighted by molar-refractivity contribution is 6.34. The zero-order valence-electron chi connectivity index (χ0n) is 9.89. The Morgan fingerprint density at radius 1 is 1.53 bits per heavy atom. The Morgan fingerprint density at radius 3 is 2.68 bits per heavy atom. The van der Waals surface area contributed by atoms with Crippen LogP contribution in [0.15, 0.2) is 18.2 Å². The molecule has 1 aromatic rings. The van der Waals surface area contributed by atoms with Gasteiger partial charge in [0, 0.05) is 37.7 Å². The van der Waals surface area contributed by atoms with Gasteiger partial charge in [0.2, 0.25) is 0 Å². The van der Waals surface area contributed by atoms with Crippen molar-refractivity contribution in [1.82, 2.24) is 10.6 Å². The zero-order valence-corrected chi connectivity index (χ0v) is 11.5. The van der Waals surface area contributed by atoms with E-state index in [-0.39, 0.29) is 34.6 Å². The number of nitrogens with one attached hydrogen (secondary N) is 2. The summed E-state index contributed by atoms with van der Waals surface area (Å²) in [5.41, 5.74) is 0.134. The first-order valence-corrected chi connectivity index (χ1v) is 5.88. The lowest BCUT2D eigenvalue weighted by molar-refractivity contribution is -0.384. The van der Waals surface area contributed by atoms with E-state index >= 15 is 0 Å². The first-order chi connectivity index (χ1) is 8.58. The normalized spacial score (nSPS) is 14.2. The number of nitro benzene ring substituents is 1. The lowest BCUT2D eigenvalue weighted by Crippen LogP contribution is -2.48. The molecule has 0 unspecified atom stereocenters. The topological polar surface area (TPSA) is 84.3 Å². The van der Waals surface area contributed by atoms with E-state index in [1.165, 1.54) is 18.2 Å². The van der Waals surface area contributed by atoms with Crippen molar-refractivity contribution < 1.29 is 9.72 Å². The molecule has 0 atom stereocenters. The van der Waals surface area contributed by atoms with Crippen LogP contribution in [0.4, 0.5) is 5.69 Å². The predicted molar refractivity (Wildman–Crippen MR) is 74.0 cm³/mol. The Morgan fingerprint density at radius 2 is 2.21 bits per heavy atom. The van der Waals surface area contributed by atoms with Gasteiger partial charge in [-0.2, -0.15) is 0 Å². The van der Waals surface area contributed by atoms with Gasteiger partial charge in [0.25, 0.3) is 11.6 Å². The summed E-state index contributed by atoms with van der Waals surface area (Å²) in [7, 11) is 0. The second-order valence-electron chi connectivity index (χ2n) is 4.16. The molecular formula is C11H13Cl2N3O3. The number of carbonyl (C=O) groups excluding carboxylic acids is 1. The SMILES string of the molecule is Cl.O=C(NCC1CNC1)c1ccc([N+](=O)[O-])cc1Cl. The molecule has 6 nitrogen and oxygen atoms in total. The van der Waals surface area contributed by atoms with Crippen molar-refractivity contribution in [1.29, 1.82) is 0 Å². The van der Waals surface area contributed by atoms with Crippen molar-refractivity contribution >= 4 is 35.6 Å². The molecule has 0 bridgehead atoms. The third-order valence-electron chi connectivity index (χ3n) is 2.83. The van der Waals surface area contributed by atoms with Gasteiger partial charge in [-0.3, -0.25) is 14.9 Å². The fraction of sp³-hybridized carbons (Fsp3) is 0.364. The summed E-state index contributed by atoms with van der Waals surface area (Å²) < 4.78 is 0. The molecule has 2 rings (SSSR count). The van der Waals surface area contributed by atoms with Crippen LogP contribution in [0.5, 0.6) is 0 Å². The highest BCUT2D eigenvalue weighted by atomic mass is 35.5. The summed E-state index contributed by atoms with van der Waals surface area (Å²) in [5, 5.41) is 16.5. The number of non-ortho nitro benzene ring substituents is 1. The Bertz CT molecular complexity index is 492. The lowest BCUT2D eigenvalue weighted by atomic mass is 10.0. The van der Waals surface area contributed by atoms with Gasteiger partial charge < -0.3 is 10.6 Å². The van der Waals surface area contributed by atoms with Crippen molar-refractivity contribution in [2.24, 2.45) is 5.92 Å². The van der Waals surface area contributed by atoms with Crippen molar-refractivity contribution in [2.45, 2.75) is 0 Å². The molecule has 1 saturated heterocycles. The first-order valence-electron chi connectivity index (χ1n) is 5.51. The summed E-state index contributed by atoms with van der Waals surface area (Å²) in [4.78, 5) is 21.8. The minimum atomic E-state index is -0.548. The average molecular weight is 306 g/mol. The third-order valence-corrected chi connectivity index (χ3v) is 3.14. The maximum atomic E-state index is 11.8. The molecule has 0 aliphatic carbocycles. The van der Waals surface area contributed by atoms with Crippen LogP contribution in [0, 0.1) is 16.0 Å². The van der Waals surface area contributed by atoms with Crippen LogP contribution in [0.2, 0.25) is 5.02 Å². The maximum absolute atomic E-state index is 11.8. The summed E-state index contributed by atoms with van der Waals surface area (Å²) in [6, 6.07) is 3.82. The molecule has 1 aliphatic heterocycles. The molecule has 0 radical (unpaired) electrons. The van der Waals surface area contributed by atoms with Crippen molar-refractivity contribution in [3.05, 3.63) is 38.9 Å². The zero-order chi connectivity index (χ0) is 13.1. The van der Waals surface area contributed by atoms with Gasteiger partial charge in [-0.15, -0.1) is 12.4 Å². The highest BCUT2D eigenvalue weighted by Gasteiger charge is 2.19. The molecule has 1 aromatic carbocycles. The van der Waals surface area contributed by atoms with E-state index in [9.17, 15) is 14.9 Å². The number of halogens is 2. The number of carbonyl (C=O) groups is 1. The number of nitro groups is 1. The Labute approximate surface area is 121 Å². The molecule has 1 aliphatic rings. The minimum Gasteiger partial charge on any atom is -0.352 e. The first kappa shape index (κ1) is 15.7. The predicted octanol–water partition coefficient (Wildman–Crippen LogP) is 1.62. The van der Waals surface area contributed by atoms with Crippen LogP contribution in [0.3, 0.4) is 0 Å². The van der Waals surface area contributed by atoms with Crippen LogP contribution in [0.1, 0.15) is 10.4 Å². The quantitative estimate of drug-likeness (QED) is 0.654. The number of nitrogens with zero attached hydrogens (tertiary/aromatic N) is 1. The molecular weight excluding hydrogens is 293 g/mol. The second kappa shape index (κ2) is 6.70. The minimum absolute atomic E-state index is 0. The van der Waals surface area contributed by atoms with Gasteiger partial charge in [0.1, 0.15) is 0 Å². The molecule has 0 spiro atoms. The summed E-state index contributed by atoms with van der Waals surface area (Å²) in [5.74, 6) is 0.146.